The van der Waals surface area contributed by atoms with Crippen LogP contribution in [0.5, 0.6) is 11.5 Å². The normalized spacial score (nSPS) is 17.7. The molecule has 0 amide bonds. The molecule has 5 rings (SSSR count). The predicted molar refractivity (Wildman–Crippen MR) is 184 cm³/mol. The Morgan fingerprint density at radius 2 is 1.43 bits per heavy atom. The van der Waals surface area contributed by atoms with E-state index < -0.39 is 0 Å². The number of aryl methyl sites for hydroxylation is 1. The number of Topliss-reactive ketones (excluding diaryl/α,β-unsaturated/α-hetero) is 1. The molecule has 4 aromatic carbocycles. The van der Waals surface area contributed by atoms with Crippen molar-refractivity contribution in [2.75, 3.05) is 14.2 Å². The molecule has 2 unspecified atom stereocenters. The standard InChI is InChI=1S/C41H48FNO3/c1-30-27-32-28-38(45-3)39(46-4)29-37(32)40(2,43-30)24-12-26-41(33-13-7-5-8-14-33,34-15-9-6-10-16-34)25-11-17-36(44)23-20-31-18-21-35(42)22-19-31/h5-10,13-16,18-19,21-22,28-30,43H,11-12,17,20,23-27H2,1-4H3. The lowest BCUT2D eigenvalue weighted by atomic mass is 9.67. The Morgan fingerprint density at radius 3 is 2.04 bits per heavy atom. The molecule has 0 radical (unpaired) electrons. The maximum Gasteiger partial charge on any atom is 0.161 e. The van der Waals surface area contributed by atoms with Crippen LogP contribution in [0.1, 0.15) is 86.6 Å². The molecule has 0 aliphatic carbocycles. The van der Waals surface area contributed by atoms with Crippen molar-refractivity contribution in [1.82, 2.24) is 5.32 Å². The highest BCUT2D eigenvalue weighted by Crippen LogP contribution is 2.45. The monoisotopic (exact) mass is 621 g/mol. The fourth-order valence-electron chi connectivity index (χ4n) is 7.59. The van der Waals surface area contributed by atoms with Crippen molar-refractivity contribution in [3.8, 4) is 11.5 Å². The number of fused-ring (bicyclic) bond motifs is 1. The zero-order valence-corrected chi connectivity index (χ0v) is 27.8. The van der Waals surface area contributed by atoms with Crippen LogP contribution in [0, 0.1) is 5.82 Å². The molecule has 0 fully saturated rings. The van der Waals surface area contributed by atoms with Crippen molar-refractivity contribution in [2.45, 2.75) is 88.6 Å². The van der Waals surface area contributed by atoms with Crippen LogP contribution in [-0.4, -0.2) is 26.0 Å². The number of hydrogen-bond acceptors (Lipinski definition) is 4. The molecule has 0 spiro atoms. The lowest BCUT2D eigenvalue weighted by Crippen LogP contribution is -2.50. The Labute approximate surface area is 274 Å². The van der Waals surface area contributed by atoms with Crippen LogP contribution in [0.3, 0.4) is 0 Å². The van der Waals surface area contributed by atoms with Gasteiger partial charge in [0.15, 0.2) is 11.5 Å². The number of benzene rings is 4. The molecule has 1 heterocycles. The van der Waals surface area contributed by atoms with Crippen LogP contribution < -0.4 is 14.8 Å². The number of halogens is 1. The van der Waals surface area contributed by atoms with Gasteiger partial charge in [-0.15, -0.1) is 0 Å². The topological polar surface area (TPSA) is 47.6 Å². The van der Waals surface area contributed by atoms with Crippen LogP contribution in [-0.2, 0) is 28.6 Å². The molecule has 4 nitrogen and oxygen atoms in total. The molecule has 0 saturated heterocycles. The number of ether oxygens (including phenoxy) is 2. The Hall–Kier alpha value is -3.96. The number of methoxy groups -OCH3 is 2. The summed E-state index contributed by atoms with van der Waals surface area (Å²) >= 11 is 0. The van der Waals surface area contributed by atoms with E-state index in [0.717, 1.165) is 55.6 Å². The van der Waals surface area contributed by atoms with E-state index in [9.17, 15) is 9.18 Å². The summed E-state index contributed by atoms with van der Waals surface area (Å²) in [5.74, 6) is 1.54. The van der Waals surface area contributed by atoms with Gasteiger partial charge in [-0.1, -0.05) is 79.2 Å². The molecule has 0 aromatic heterocycles. The Kier molecular flexibility index (Phi) is 11.0. The molecule has 0 saturated carbocycles. The highest BCUT2D eigenvalue weighted by Gasteiger charge is 2.38. The molecule has 1 aliphatic heterocycles. The first-order valence-electron chi connectivity index (χ1n) is 16.7. The average Bonchev–Trinajstić information content (AvgIpc) is 3.07. The summed E-state index contributed by atoms with van der Waals surface area (Å²) in [5, 5.41) is 3.93. The highest BCUT2D eigenvalue weighted by atomic mass is 19.1. The van der Waals surface area contributed by atoms with E-state index in [0.29, 0.717) is 25.3 Å². The third-order valence-electron chi connectivity index (χ3n) is 9.89. The van der Waals surface area contributed by atoms with Gasteiger partial charge in [0, 0.05) is 29.8 Å². The summed E-state index contributed by atoms with van der Waals surface area (Å²) in [7, 11) is 3.39. The lowest BCUT2D eigenvalue weighted by Gasteiger charge is -2.42. The molecule has 1 N–H and O–H groups in total. The maximum absolute atomic E-state index is 13.3. The molecule has 5 heteroatoms. The predicted octanol–water partition coefficient (Wildman–Crippen LogP) is 9.12. The number of ketones is 1. The van der Waals surface area contributed by atoms with E-state index in [1.54, 1.807) is 26.4 Å². The molecule has 1 aliphatic rings. The Bertz CT molecular complexity index is 1530. The first-order valence-corrected chi connectivity index (χ1v) is 16.7. The van der Waals surface area contributed by atoms with Gasteiger partial charge in [0.25, 0.3) is 0 Å². The van der Waals surface area contributed by atoms with Crippen molar-refractivity contribution in [2.24, 2.45) is 0 Å². The first kappa shape index (κ1) is 33.4. The van der Waals surface area contributed by atoms with Crippen molar-refractivity contribution < 1.29 is 18.7 Å². The second kappa shape index (κ2) is 15.1. The summed E-state index contributed by atoms with van der Waals surface area (Å²) in [6.07, 6.45) is 7.19. The van der Waals surface area contributed by atoms with E-state index >= 15 is 0 Å². The molecule has 46 heavy (non-hydrogen) atoms. The third kappa shape index (κ3) is 7.70. The lowest BCUT2D eigenvalue weighted by molar-refractivity contribution is -0.119. The third-order valence-corrected chi connectivity index (χ3v) is 9.89. The SMILES string of the molecule is COc1cc2c(cc1OC)C(C)(CCCC(CCCC(=O)CCc1ccc(F)cc1)(c1ccccc1)c1ccccc1)NC(C)C2. The summed E-state index contributed by atoms with van der Waals surface area (Å²) in [6.45, 7) is 4.57. The smallest absolute Gasteiger partial charge is 0.161 e. The number of carbonyl (C=O) groups is 1. The minimum atomic E-state index is -0.250. The van der Waals surface area contributed by atoms with E-state index in [-0.39, 0.29) is 22.6 Å². The number of hydrogen-bond donors (Lipinski definition) is 1. The molecular formula is C41H48FNO3. The number of carbonyl (C=O) groups excluding carboxylic acids is 1. The molecular weight excluding hydrogens is 573 g/mol. The van der Waals surface area contributed by atoms with E-state index in [4.69, 9.17) is 9.47 Å². The van der Waals surface area contributed by atoms with Crippen molar-refractivity contribution in [3.63, 3.8) is 0 Å². The first-order chi connectivity index (χ1) is 22.3. The molecule has 2 atom stereocenters. The fourth-order valence-corrected chi connectivity index (χ4v) is 7.59. The van der Waals surface area contributed by atoms with Gasteiger partial charge in [-0.25, -0.2) is 4.39 Å². The van der Waals surface area contributed by atoms with Crippen LogP contribution in [0.2, 0.25) is 0 Å². The van der Waals surface area contributed by atoms with Crippen LogP contribution in [0.25, 0.3) is 0 Å². The van der Waals surface area contributed by atoms with Gasteiger partial charge in [-0.2, -0.15) is 0 Å². The molecule has 242 valence electrons. The van der Waals surface area contributed by atoms with Gasteiger partial charge in [-0.05, 0) is 104 Å². The van der Waals surface area contributed by atoms with Crippen LogP contribution in [0.15, 0.2) is 97.1 Å². The van der Waals surface area contributed by atoms with Crippen molar-refractivity contribution in [1.29, 1.82) is 0 Å². The summed E-state index contributed by atoms with van der Waals surface area (Å²) in [4.78, 5) is 13.0. The van der Waals surface area contributed by atoms with Gasteiger partial charge >= 0.3 is 0 Å². The quantitative estimate of drug-likeness (QED) is 0.144. The summed E-state index contributed by atoms with van der Waals surface area (Å²) < 4.78 is 24.7. The van der Waals surface area contributed by atoms with E-state index in [1.807, 2.05) is 0 Å². The van der Waals surface area contributed by atoms with E-state index in [1.165, 1.54) is 34.4 Å². The summed E-state index contributed by atoms with van der Waals surface area (Å²) in [6, 6.07) is 32.8. The Morgan fingerprint density at radius 1 is 0.848 bits per heavy atom. The fraction of sp³-hybridized carbons (Fsp3) is 0.390. The largest absolute Gasteiger partial charge is 0.493 e. The number of rotatable bonds is 15. The van der Waals surface area contributed by atoms with Gasteiger partial charge in [0.1, 0.15) is 11.6 Å². The minimum Gasteiger partial charge on any atom is -0.493 e. The van der Waals surface area contributed by atoms with E-state index in [2.05, 4.69) is 92.0 Å². The second-order valence-electron chi connectivity index (χ2n) is 13.1. The van der Waals surface area contributed by atoms with Crippen molar-refractivity contribution >= 4 is 5.78 Å². The van der Waals surface area contributed by atoms with Crippen LogP contribution >= 0.6 is 0 Å². The Balaban J connectivity index is 1.37. The molecule has 4 aromatic rings. The minimum absolute atomic E-state index is 0.220. The summed E-state index contributed by atoms with van der Waals surface area (Å²) in [5.41, 5.74) is 5.72. The zero-order chi connectivity index (χ0) is 32.6. The zero-order valence-electron chi connectivity index (χ0n) is 27.8. The van der Waals surface area contributed by atoms with Crippen LogP contribution in [0.4, 0.5) is 4.39 Å². The van der Waals surface area contributed by atoms with Gasteiger partial charge in [0.05, 0.1) is 14.2 Å². The van der Waals surface area contributed by atoms with Crippen molar-refractivity contribution in [3.05, 3.63) is 131 Å². The van der Waals surface area contributed by atoms with Gasteiger partial charge in [0.2, 0.25) is 0 Å². The van der Waals surface area contributed by atoms with Gasteiger partial charge < -0.3 is 14.8 Å². The molecule has 0 bridgehead atoms. The average molecular weight is 622 g/mol. The second-order valence-corrected chi connectivity index (χ2v) is 13.1. The van der Waals surface area contributed by atoms with Gasteiger partial charge in [-0.3, -0.25) is 4.79 Å². The highest BCUT2D eigenvalue weighted by molar-refractivity contribution is 5.78. The number of nitrogens with one attached hydrogen (secondary N) is 1. The maximum atomic E-state index is 13.3.